The highest BCUT2D eigenvalue weighted by atomic mass is 16.2. The van der Waals surface area contributed by atoms with E-state index in [0.717, 1.165) is 11.6 Å². The highest BCUT2D eigenvalue weighted by Crippen LogP contribution is 2.39. The fourth-order valence-electron chi connectivity index (χ4n) is 2.87. The maximum absolute atomic E-state index is 12.7. The average molecular weight is 298 g/mol. The van der Waals surface area contributed by atoms with Crippen LogP contribution in [0.1, 0.15) is 53.7 Å². The Bertz CT molecular complexity index is 718. The summed E-state index contributed by atoms with van der Waals surface area (Å²) >= 11 is 0. The number of fused-ring (bicyclic) bond motifs is 1. The first-order valence-corrected chi connectivity index (χ1v) is 7.60. The molecular formula is C15H18N6O. The monoisotopic (exact) mass is 298 g/mol. The Morgan fingerprint density at radius 3 is 2.82 bits per heavy atom. The Balaban J connectivity index is 1.60. The van der Waals surface area contributed by atoms with Gasteiger partial charge in [-0.3, -0.25) is 4.79 Å². The van der Waals surface area contributed by atoms with E-state index in [0.29, 0.717) is 30.4 Å². The summed E-state index contributed by atoms with van der Waals surface area (Å²) in [6, 6.07) is 3.28. The lowest BCUT2D eigenvalue weighted by atomic mass is 10.1. The topological polar surface area (TPSA) is 89.9 Å². The standard InChI is InChI=1S/C15H18N6O/c1-9-14-18-13(10-2-3-10)19-21(14)7-6-20(9)15(22)11-4-5-12(16)17-8-11/h4-5,8-10H,2-3,6-7H2,1H3,(H2,16,17)/t9-/m1/s1. The molecule has 0 saturated heterocycles. The van der Waals surface area contributed by atoms with Crippen molar-refractivity contribution in [3.05, 3.63) is 35.5 Å². The Morgan fingerprint density at radius 2 is 2.14 bits per heavy atom. The van der Waals surface area contributed by atoms with Crippen molar-refractivity contribution in [1.29, 1.82) is 0 Å². The number of nitrogens with two attached hydrogens (primary N) is 1. The largest absolute Gasteiger partial charge is 0.384 e. The molecule has 1 aliphatic carbocycles. The van der Waals surface area contributed by atoms with Crippen LogP contribution in [-0.4, -0.2) is 37.1 Å². The molecule has 7 heteroatoms. The van der Waals surface area contributed by atoms with Gasteiger partial charge in [0, 0.05) is 18.7 Å². The number of carbonyl (C=O) groups excluding carboxylic acids is 1. The summed E-state index contributed by atoms with van der Waals surface area (Å²) in [5.74, 6) is 2.71. The lowest BCUT2D eigenvalue weighted by Crippen LogP contribution is -2.41. The summed E-state index contributed by atoms with van der Waals surface area (Å²) < 4.78 is 1.95. The number of aromatic nitrogens is 4. The molecule has 2 N–H and O–H groups in total. The average Bonchev–Trinajstić information content (AvgIpc) is 3.27. The molecule has 7 nitrogen and oxygen atoms in total. The molecule has 3 heterocycles. The van der Waals surface area contributed by atoms with Crippen molar-refractivity contribution in [3.8, 4) is 0 Å². The van der Waals surface area contributed by atoms with Gasteiger partial charge in [-0.15, -0.1) is 0 Å². The van der Waals surface area contributed by atoms with Crippen LogP contribution in [0.3, 0.4) is 0 Å². The zero-order valence-corrected chi connectivity index (χ0v) is 12.4. The molecule has 0 bridgehead atoms. The number of carbonyl (C=O) groups is 1. The van der Waals surface area contributed by atoms with Crippen molar-refractivity contribution >= 4 is 11.7 Å². The van der Waals surface area contributed by atoms with Crippen molar-refractivity contribution in [1.82, 2.24) is 24.6 Å². The highest BCUT2D eigenvalue weighted by molar-refractivity contribution is 5.94. The molecule has 2 aromatic rings. The van der Waals surface area contributed by atoms with Crippen LogP contribution in [0, 0.1) is 0 Å². The minimum Gasteiger partial charge on any atom is -0.384 e. The molecule has 2 aliphatic rings. The third-order valence-corrected chi connectivity index (χ3v) is 4.35. The van der Waals surface area contributed by atoms with Crippen LogP contribution in [0.25, 0.3) is 0 Å². The second-order valence-electron chi connectivity index (χ2n) is 5.97. The van der Waals surface area contributed by atoms with E-state index in [9.17, 15) is 4.79 Å². The van der Waals surface area contributed by atoms with E-state index in [1.807, 2.05) is 16.5 Å². The van der Waals surface area contributed by atoms with E-state index in [1.165, 1.54) is 19.0 Å². The van der Waals surface area contributed by atoms with Crippen molar-refractivity contribution < 1.29 is 4.79 Å². The second-order valence-corrected chi connectivity index (χ2v) is 5.97. The van der Waals surface area contributed by atoms with Gasteiger partial charge in [-0.2, -0.15) is 5.10 Å². The summed E-state index contributed by atoms with van der Waals surface area (Å²) in [5.41, 5.74) is 6.13. The molecule has 2 aromatic heterocycles. The van der Waals surface area contributed by atoms with Crippen molar-refractivity contribution in [2.24, 2.45) is 0 Å². The molecule has 0 spiro atoms. The zero-order valence-electron chi connectivity index (χ0n) is 12.4. The van der Waals surface area contributed by atoms with E-state index in [4.69, 9.17) is 5.73 Å². The lowest BCUT2D eigenvalue weighted by molar-refractivity contribution is 0.0630. The molecule has 1 saturated carbocycles. The lowest BCUT2D eigenvalue weighted by Gasteiger charge is -2.32. The van der Waals surface area contributed by atoms with E-state index < -0.39 is 0 Å². The van der Waals surface area contributed by atoms with Crippen LogP contribution in [0.4, 0.5) is 5.82 Å². The summed E-state index contributed by atoms with van der Waals surface area (Å²) in [4.78, 5) is 23.2. The van der Waals surface area contributed by atoms with Crippen molar-refractivity contribution in [3.63, 3.8) is 0 Å². The SMILES string of the molecule is C[C@@H]1c2nc(C3CC3)nn2CCN1C(=O)c1ccc(N)nc1. The molecule has 1 fully saturated rings. The minimum atomic E-state index is -0.0844. The molecule has 114 valence electrons. The Labute approximate surface area is 128 Å². The van der Waals surface area contributed by atoms with Crippen LogP contribution in [0.15, 0.2) is 18.3 Å². The van der Waals surface area contributed by atoms with Gasteiger partial charge in [0.15, 0.2) is 5.82 Å². The van der Waals surface area contributed by atoms with Crippen molar-refractivity contribution in [2.45, 2.75) is 38.3 Å². The Hall–Kier alpha value is -2.44. The number of amides is 1. The fourth-order valence-corrected chi connectivity index (χ4v) is 2.87. The number of pyridine rings is 1. The zero-order chi connectivity index (χ0) is 15.3. The van der Waals surface area contributed by atoms with Crippen LogP contribution < -0.4 is 5.73 Å². The Morgan fingerprint density at radius 1 is 1.32 bits per heavy atom. The van der Waals surface area contributed by atoms with Gasteiger partial charge in [0.2, 0.25) is 0 Å². The van der Waals surface area contributed by atoms with E-state index in [1.54, 1.807) is 12.1 Å². The molecule has 4 rings (SSSR count). The van der Waals surface area contributed by atoms with Crippen LogP contribution in [0.5, 0.6) is 0 Å². The third-order valence-electron chi connectivity index (χ3n) is 4.35. The first kappa shape index (κ1) is 13.2. The predicted octanol–water partition coefficient (Wildman–Crippen LogP) is 1.35. The molecule has 1 atom stereocenters. The molecule has 22 heavy (non-hydrogen) atoms. The Kier molecular flexibility index (Phi) is 2.88. The maximum atomic E-state index is 12.7. The minimum absolute atomic E-state index is 0.0396. The van der Waals surface area contributed by atoms with Gasteiger partial charge < -0.3 is 10.6 Å². The van der Waals surface area contributed by atoms with Gasteiger partial charge >= 0.3 is 0 Å². The van der Waals surface area contributed by atoms with Gasteiger partial charge in [0.1, 0.15) is 11.6 Å². The van der Waals surface area contributed by atoms with Crippen LogP contribution in [0.2, 0.25) is 0 Å². The van der Waals surface area contributed by atoms with E-state index in [2.05, 4.69) is 15.1 Å². The number of nitrogens with zero attached hydrogens (tertiary/aromatic N) is 5. The first-order valence-electron chi connectivity index (χ1n) is 7.60. The smallest absolute Gasteiger partial charge is 0.256 e. The second kappa shape index (κ2) is 4.79. The van der Waals surface area contributed by atoms with Crippen molar-refractivity contribution in [2.75, 3.05) is 12.3 Å². The summed E-state index contributed by atoms with van der Waals surface area (Å²) in [5, 5.41) is 4.58. The predicted molar refractivity (Wildman–Crippen MR) is 80.1 cm³/mol. The van der Waals surface area contributed by atoms with Gasteiger partial charge in [-0.05, 0) is 31.9 Å². The molecular weight excluding hydrogens is 280 g/mol. The number of rotatable bonds is 2. The van der Waals surface area contributed by atoms with Gasteiger partial charge in [-0.25, -0.2) is 14.6 Å². The first-order chi connectivity index (χ1) is 10.6. The van der Waals surface area contributed by atoms with E-state index in [-0.39, 0.29) is 11.9 Å². The van der Waals surface area contributed by atoms with Gasteiger partial charge in [0.25, 0.3) is 5.91 Å². The summed E-state index contributed by atoms with van der Waals surface area (Å²) in [7, 11) is 0. The molecule has 0 aromatic carbocycles. The summed E-state index contributed by atoms with van der Waals surface area (Å²) in [6.07, 6.45) is 3.88. The highest BCUT2D eigenvalue weighted by Gasteiger charge is 2.34. The molecule has 1 amide bonds. The normalized spacial score (nSPS) is 20.8. The van der Waals surface area contributed by atoms with Crippen LogP contribution >= 0.6 is 0 Å². The van der Waals surface area contributed by atoms with Gasteiger partial charge in [0.05, 0.1) is 18.2 Å². The third kappa shape index (κ3) is 2.13. The quantitative estimate of drug-likeness (QED) is 0.904. The number of nitrogen functional groups attached to an aromatic ring is 1. The number of hydrogen-bond donors (Lipinski definition) is 1. The fraction of sp³-hybridized carbons (Fsp3) is 0.467. The molecule has 1 aliphatic heterocycles. The van der Waals surface area contributed by atoms with E-state index >= 15 is 0 Å². The number of anilines is 1. The van der Waals surface area contributed by atoms with Gasteiger partial charge in [-0.1, -0.05) is 0 Å². The maximum Gasteiger partial charge on any atom is 0.256 e. The molecule has 0 radical (unpaired) electrons. The van der Waals surface area contributed by atoms with Crippen LogP contribution in [-0.2, 0) is 6.54 Å². The summed E-state index contributed by atoms with van der Waals surface area (Å²) in [6.45, 7) is 3.32. The molecule has 0 unspecified atom stereocenters. The number of hydrogen-bond acceptors (Lipinski definition) is 5.